The first kappa shape index (κ1) is 14.3. The number of hydrogen-bond acceptors (Lipinski definition) is 2. The summed E-state index contributed by atoms with van der Waals surface area (Å²) in [4.78, 5) is 4.60. The van der Waals surface area contributed by atoms with Crippen molar-refractivity contribution in [1.82, 2.24) is 4.98 Å². The molecule has 0 amide bonds. The molecule has 0 radical (unpaired) electrons. The smallest absolute Gasteiger partial charge is 0.140 e. The number of nitrogens with zero attached hydrogens (tertiary/aromatic N) is 1. The summed E-state index contributed by atoms with van der Waals surface area (Å²) in [5.41, 5.74) is 3.53. The van der Waals surface area contributed by atoms with Crippen LogP contribution in [0.2, 0.25) is 0 Å². The predicted molar refractivity (Wildman–Crippen MR) is 89.2 cm³/mol. The van der Waals surface area contributed by atoms with E-state index in [1.165, 1.54) is 11.1 Å². The Balaban J connectivity index is 2.03. The maximum Gasteiger partial charge on any atom is 0.140 e. The Morgan fingerprint density at radius 3 is 2.23 bits per heavy atom. The van der Waals surface area contributed by atoms with Gasteiger partial charge < -0.3 is 4.74 Å². The molecule has 1 aromatic heterocycles. The van der Waals surface area contributed by atoms with Crippen LogP contribution in [-0.2, 0) is 6.42 Å². The Morgan fingerprint density at radius 2 is 1.55 bits per heavy atom. The molecule has 0 N–H and O–H groups in total. The van der Waals surface area contributed by atoms with Crippen molar-refractivity contribution in [2.75, 3.05) is 7.11 Å². The molecule has 1 heterocycles. The molecule has 0 bridgehead atoms. The number of aromatic nitrogens is 1. The minimum Gasteiger partial charge on any atom is -0.495 e. The lowest BCUT2D eigenvalue weighted by molar-refractivity contribution is 0.404. The molecule has 0 aliphatic heterocycles. The lowest BCUT2D eigenvalue weighted by Crippen LogP contribution is -2.09. The van der Waals surface area contributed by atoms with Crippen molar-refractivity contribution in [2.45, 2.75) is 12.3 Å². The largest absolute Gasteiger partial charge is 0.495 e. The van der Waals surface area contributed by atoms with Crippen molar-refractivity contribution < 1.29 is 4.74 Å². The molecule has 2 heteroatoms. The summed E-state index contributed by atoms with van der Waals surface area (Å²) in [5, 5.41) is 0. The van der Waals surface area contributed by atoms with Gasteiger partial charge in [0.15, 0.2) is 0 Å². The zero-order valence-corrected chi connectivity index (χ0v) is 12.6. The number of pyridine rings is 1. The Bertz CT molecular complexity index is 710. The highest BCUT2D eigenvalue weighted by Gasteiger charge is 2.20. The van der Waals surface area contributed by atoms with Crippen molar-refractivity contribution in [3.63, 3.8) is 0 Å². The van der Waals surface area contributed by atoms with Crippen LogP contribution in [0.1, 0.15) is 22.7 Å². The van der Waals surface area contributed by atoms with Crippen LogP contribution < -0.4 is 4.74 Å². The highest BCUT2D eigenvalue weighted by atomic mass is 16.5. The fourth-order valence-corrected chi connectivity index (χ4v) is 2.74. The quantitative estimate of drug-likeness (QED) is 0.691. The predicted octanol–water partition coefficient (Wildman–Crippen LogP) is 4.46. The van der Waals surface area contributed by atoms with Crippen LogP contribution in [0, 0.1) is 0 Å². The summed E-state index contributed by atoms with van der Waals surface area (Å²) in [6.45, 7) is 0. The number of rotatable bonds is 5. The summed E-state index contributed by atoms with van der Waals surface area (Å²) >= 11 is 0. The van der Waals surface area contributed by atoms with E-state index in [-0.39, 0.29) is 5.92 Å². The van der Waals surface area contributed by atoms with Crippen LogP contribution in [0.25, 0.3) is 0 Å². The van der Waals surface area contributed by atoms with Gasteiger partial charge in [-0.2, -0.15) is 0 Å². The van der Waals surface area contributed by atoms with Crippen LogP contribution in [-0.4, -0.2) is 12.1 Å². The first-order chi connectivity index (χ1) is 10.9. The van der Waals surface area contributed by atoms with Crippen LogP contribution in [0.5, 0.6) is 5.75 Å². The van der Waals surface area contributed by atoms with E-state index in [1.54, 1.807) is 7.11 Å². The fourth-order valence-electron chi connectivity index (χ4n) is 2.74. The molecule has 0 saturated heterocycles. The summed E-state index contributed by atoms with van der Waals surface area (Å²) < 4.78 is 5.52. The zero-order chi connectivity index (χ0) is 15.2. The Kier molecular flexibility index (Phi) is 4.50. The number of methoxy groups -OCH3 is 1. The van der Waals surface area contributed by atoms with E-state index in [0.29, 0.717) is 0 Å². The average Bonchev–Trinajstić information content (AvgIpc) is 2.61. The summed E-state index contributed by atoms with van der Waals surface area (Å²) in [6, 6.07) is 24.9. The maximum atomic E-state index is 5.52. The number of benzene rings is 2. The number of ether oxygens (including phenoxy) is 1. The van der Waals surface area contributed by atoms with Gasteiger partial charge in [0.25, 0.3) is 0 Å². The van der Waals surface area contributed by atoms with Crippen molar-refractivity contribution in [3.8, 4) is 5.75 Å². The Morgan fingerprint density at radius 1 is 0.864 bits per heavy atom. The zero-order valence-electron chi connectivity index (χ0n) is 12.6. The lowest BCUT2D eigenvalue weighted by atomic mass is 9.88. The van der Waals surface area contributed by atoms with Gasteiger partial charge in [0.1, 0.15) is 5.75 Å². The molecule has 0 spiro atoms. The molecule has 0 unspecified atom stereocenters. The highest BCUT2D eigenvalue weighted by molar-refractivity contribution is 5.39. The van der Waals surface area contributed by atoms with Gasteiger partial charge >= 0.3 is 0 Å². The normalized spacial score (nSPS) is 11.9. The topological polar surface area (TPSA) is 22.1 Å². The van der Waals surface area contributed by atoms with Crippen LogP contribution in [0.15, 0.2) is 79.0 Å². The van der Waals surface area contributed by atoms with E-state index in [4.69, 9.17) is 4.74 Å². The minimum absolute atomic E-state index is 0.180. The molecular formula is C20H19NO. The van der Waals surface area contributed by atoms with E-state index >= 15 is 0 Å². The van der Waals surface area contributed by atoms with Gasteiger partial charge in [-0.15, -0.1) is 0 Å². The molecular weight excluding hydrogens is 270 g/mol. The monoisotopic (exact) mass is 289 g/mol. The Hall–Kier alpha value is -2.61. The molecule has 22 heavy (non-hydrogen) atoms. The van der Waals surface area contributed by atoms with Gasteiger partial charge in [0.05, 0.1) is 12.8 Å². The van der Waals surface area contributed by atoms with E-state index in [0.717, 1.165) is 17.9 Å². The molecule has 110 valence electrons. The van der Waals surface area contributed by atoms with Crippen molar-refractivity contribution in [1.29, 1.82) is 0 Å². The lowest BCUT2D eigenvalue weighted by Gasteiger charge is -2.19. The summed E-state index contributed by atoms with van der Waals surface area (Å²) in [6.07, 6.45) is 2.73. The fraction of sp³-hybridized carbons (Fsp3) is 0.150. The van der Waals surface area contributed by atoms with Gasteiger partial charge in [0.2, 0.25) is 0 Å². The van der Waals surface area contributed by atoms with E-state index < -0.39 is 0 Å². The van der Waals surface area contributed by atoms with Gasteiger partial charge in [-0.3, -0.25) is 4.98 Å². The van der Waals surface area contributed by atoms with Crippen LogP contribution >= 0.6 is 0 Å². The van der Waals surface area contributed by atoms with Crippen molar-refractivity contribution >= 4 is 0 Å². The maximum absolute atomic E-state index is 5.52. The molecule has 3 aromatic rings. The average molecular weight is 289 g/mol. The standard InChI is InChI=1S/C20H19NO/c1-22-19-13-8-14-21-20(19)18(17-11-6-3-7-12-17)15-16-9-4-2-5-10-16/h2-14,18H,15H2,1H3/t18-/m0/s1. The Labute approximate surface area is 131 Å². The van der Waals surface area contributed by atoms with E-state index in [1.807, 2.05) is 30.5 Å². The van der Waals surface area contributed by atoms with Gasteiger partial charge in [-0.25, -0.2) is 0 Å². The summed E-state index contributed by atoms with van der Waals surface area (Å²) in [7, 11) is 1.70. The van der Waals surface area contributed by atoms with E-state index in [2.05, 4.69) is 53.5 Å². The molecule has 3 rings (SSSR count). The highest BCUT2D eigenvalue weighted by Crippen LogP contribution is 2.32. The number of hydrogen-bond donors (Lipinski definition) is 0. The van der Waals surface area contributed by atoms with Gasteiger partial charge in [-0.1, -0.05) is 60.7 Å². The van der Waals surface area contributed by atoms with Crippen molar-refractivity contribution in [2.24, 2.45) is 0 Å². The van der Waals surface area contributed by atoms with Crippen LogP contribution in [0.4, 0.5) is 0 Å². The first-order valence-corrected chi connectivity index (χ1v) is 7.46. The summed E-state index contributed by atoms with van der Waals surface area (Å²) in [5.74, 6) is 1.02. The third-order valence-electron chi connectivity index (χ3n) is 3.83. The second kappa shape index (κ2) is 6.90. The third kappa shape index (κ3) is 3.17. The minimum atomic E-state index is 0.180. The SMILES string of the molecule is COc1cccnc1[C@@H](Cc1ccccc1)c1ccccc1. The third-order valence-corrected chi connectivity index (χ3v) is 3.83. The molecule has 1 atom stereocenters. The molecule has 2 nitrogen and oxygen atoms in total. The van der Waals surface area contributed by atoms with E-state index in [9.17, 15) is 0 Å². The van der Waals surface area contributed by atoms with Gasteiger partial charge in [0, 0.05) is 12.1 Å². The van der Waals surface area contributed by atoms with Crippen molar-refractivity contribution in [3.05, 3.63) is 95.8 Å². The molecule has 0 aliphatic carbocycles. The second-order valence-corrected chi connectivity index (χ2v) is 5.24. The molecule has 0 aliphatic rings. The van der Waals surface area contributed by atoms with Crippen LogP contribution in [0.3, 0.4) is 0 Å². The first-order valence-electron chi connectivity index (χ1n) is 7.46. The second-order valence-electron chi connectivity index (χ2n) is 5.24. The van der Waals surface area contributed by atoms with Gasteiger partial charge in [-0.05, 0) is 29.7 Å². The molecule has 0 fully saturated rings. The molecule has 2 aromatic carbocycles. The molecule has 0 saturated carbocycles.